The predicted octanol–water partition coefficient (Wildman–Crippen LogP) is 4.28. The predicted molar refractivity (Wildman–Crippen MR) is 80.6 cm³/mol. The zero-order valence-electron chi connectivity index (χ0n) is 11.0. The first-order valence-electron chi connectivity index (χ1n) is 5.83. The van der Waals surface area contributed by atoms with Crippen LogP contribution in [0.5, 0.6) is 5.75 Å². The lowest BCUT2D eigenvalue weighted by molar-refractivity contribution is 0.385. The lowest BCUT2D eigenvalue weighted by atomic mass is 10.1. The van der Waals surface area contributed by atoms with Gasteiger partial charge in [-0.25, -0.2) is 4.39 Å². The number of methoxy groups -OCH3 is 1. The van der Waals surface area contributed by atoms with Crippen LogP contribution in [0, 0.1) is 12.7 Å². The summed E-state index contributed by atoms with van der Waals surface area (Å²) in [6.45, 7) is 2.07. The first-order chi connectivity index (χ1) is 9.06. The second-order valence-electron chi connectivity index (χ2n) is 4.17. The van der Waals surface area contributed by atoms with Crippen molar-refractivity contribution in [2.75, 3.05) is 14.2 Å². The van der Waals surface area contributed by atoms with E-state index in [1.54, 1.807) is 23.5 Å². The standard InChI is InChI=1S/C14H15BrFNOS/c1-8-10(15)7-13(19-8)14(17-2)9-4-5-11(16)12(6-9)18-3/h4-7,14,17H,1-3H3. The number of aryl methyl sites for hydroxylation is 1. The zero-order valence-corrected chi connectivity index (χ0v) is 13.4. The number of rotatable bonds is 4. The molecular weight excluding hydrogens is 329 g/mol. The quantitative estimate of drug-likeness (QED) is 0.894. The molecule has 1 aromatic carbocycles. The molecule has 5 heteroatoms. The van der Waals surface area contributed by atoms with Crippen LogP contribution >= 0.6 is 27.3 Å². The van der Waals surface area contributed by atoms with Crippen molar-refractivity contribution in [2.24, 2.45) is 0 Å². The van der Waals surface area contributed by atoms with E-state index in [0.717, 1.165) is 10.0 Å². The molecule has 0 radical (unpaired) electrons. The van der Waals surface area contributed by atoms with Crippen LogP contribution in [0.4, 0.5) is 4.39 Å². The fraction of sp³-hybridized carbons (Fsp3) is 0.286. The van der Waals surface area contributed by atoms with Crippen molar-refractivity contribution in [3.05, 3.63) is 49.9 Å². The van der Waals surface area contributed by atoms with Gasteiger partial charge in [-0.2, -0.15) is 0 Å². The number of benzene rings is 1. The summed E-state index contributed by atoms with van der Waals surface area (Å²) < 4.78 is 19.6. The maximum absolute atomic E-state index is 13.5. The molecule has 1 unspecified atom stereocenters. The molecule has 1 atom stereocenters. The first-order valence-corrected chi connectivity index (χ1v) is 7.44. The molecule has 1 heterocycles. The molecule has 0 aliphatic heterocycles. The van der Waals surface area contributed by atoms with Gasteiger partial charge in [0.2, 0.25) is 0 Å². The van der Waals surface area contributed by atoms with Crippen LogP contribution in [0.25, 0.3) is 0 Å². The molecule has 19 heavy (non-hydrogen) atoms. The SMILES string of the molecule is CNC(c1ccc(F)c(OC)c1)c1cc(Br)c(C)s1. The minimum absolute atomic E-state index is 0.0319. The van der Waals surface area contributed by atoms with Crippen LogP contribution in [0.2, 0.25) is 0 Å². The van der Waals surface area contributed by atoms with E-state index in [0.29, 0.717) is 0 Å². The Hall–Kier alpha value is -0.910. The fourth-order valence-electron chi connectivity index (χ4n) is 1.95. The molecule has 102 valence electrons. The van der Waals surface area contributed by atoms with Crippen molar-refractivity contribution in [3.8, 4) is 5.75 Å². The smallest absolute Gasteiger partial charge is 0.165 e. The van der Waals surface area contributed by atoms with Crippen molar-refractivity contribution in [3.63, 3.8) is 0 Å². The Morgan fingerprint density at radius 2 is 2.11 bits per heavy atom. The molecule has 1 N–H and O–H groups in total. The van der Waals surface area contributed by atoms with Gasteiger partial charge in [0.15, 0.2) is 11.6 Å². The molecule has 0 fully saturated rings. The largest absolute Gasteiger partial charge is 0.494 e. The number of halogens is 2. The topological polar surface area (TPSA) is 21.3 Å². The zero-order chi connectivity index (χ0) is 14.0. The minimum atomic E-state index is -0.343. The number of ether oxygens (including phenoxy) is 1. The molecule has 0 saturated heterocycles. The summed E-state index contributed by atoms with van der Waals surface area (Å²) in [7, 11) is 3.37. The molecule has 0 amide bonds. The maximum atomic E-state index is 13.5. The van der Waals surface area contributed by atoms with E-state index in [4.69, 9.17) is 4.74 Å². The Labute approximate surface area is 124 Å². The maximum Gasteiger partial charge on any atom is 0.165 e. The second-order valence-corrected chi connectivity index (χ2v) is 6.31. The summed E-state index contributed by atoms with van der Waals surface area (Å²) in [6, 6.07) is 7.08. The van der Waals surface area contributed by atoms with Gasteiger partial charge in [0.25, 0.3) is 0 Å². The molecule has 2 aromatic rings. The third-order valence-corrected chi connectivity index (χ3v) is 5.16. The Morgan fingerprint density at radius 3 is 2.63 bits per heavy atom. The van der Waals surface area contributed by atoms with Gasteiger partial charge in [-0.1, -0.05) is 6.07 Å². The fourth-order valence-corrected chi connectivity index (χ4v) is 3.65. The van der Waals surface area contributed by atoms with Gasteiger partial charge in [0, 0.05) is 14.2 Å². The molecule has 0 aliphatic carbocycles. The van der Waals surface area contributed by atoms with Crippen LogP contribution in [0.3, 0.4) is 0 Å². The van der Waals surface area contributed by atoms with Gasteiger partial charge in [-0.05, 0) is 53.7 Å². The highest BCUT2D eigenvalue weighted by Gasteiger charge is 2.17. The van der Waals surface area contributed by atoms with Crippen molar-refractivity contribution >= 4 is 27.3 Å². The highest BCUT2D eigenvalue weighted by Crippen LogP contribution is 2.34. The van der Waals surface area contributed by atoms with Crippen molar-refractivity contribution in [1.82, 2.24) is 5.32 Å². The molecule has 0 bridgehead atoms. The number of thiophene rings is 1. The summed E-state index contributed by atoms with van der Waals surface area (Å²) in [6.07, 6.45) is 0. The number of hydrogen-bond acceptors (Lipinski definition) is 3. The van der Waals surface area contributed by atoms with E-state index in [2.05, 4.69) is 34.2 Å². The summed E-state index contributed by atoms with van der Waals surface area (Å²) in [5.74, 6) is -0.0743. The van der Waals surface area contributed by atoms with Crippen molar-refractivity contribution in [2.45, 2.75) is 13.0 Å². The van der Waals surface area contributed by atoms with E-state index in [1.165, 1.54) is 22.9 Å². The molecule has 2 rings (SSSR count). The Kier molecular flexibility index (Phi) is 4.60. The molecule has 0 spiro atoms. The third kappa shape index (κ3) is 2.99. The highest BCUT2D eigenvalue weighted by molar-refractivity contribution is 9.10. The van der Waals surface area contributed by atoms with Gasteiger partial charge in [0.1, 0.15) is 0 Å². The highest BCUT2D eigenvalue weighted by atomic mass is 79.9. The number of hydrogen-bond donors (Lipinski definition) is 1. The van der Waals surface area contributed by atoms with Gasteiger partial charge in [-0.15, -0.1) is 11.3 Å². The molecule has 1 aromatic heterocycles. The molecule has 0 aliphatic rings. The average molecular weight is 344 g/mol. The Balaban J connectivity index is 2.41. The van der Waals surface area contributed by atoms with Crippen LogP contribution in [-0.4, -0.2) is 14.2 Å². The summed E-state index contributed by atoms with van der Waals surface area (Å²) in [5.41, 5.74) is 0.981. The summed E-state index contributed by atoms with van der Waals surface area (Å²) >= 11 is 5.24. The lowest BCUT2D eigenvalue weighted by Crippen LogP contribution is -2.16. The van der Waals surface area contributed by atoms with Gasteiger partial charge in [0.05, 0.1) is 13.2 Å². The molecule has 0 saturated carbocycles. The monoisotopic (exact) mass is 343 g/mol. The van der Waals surface area contributed by atoms with E-state index in [1.807, 2.05) is 7.05 Å². The lowest BCUT2D eigenvalue weighted by Gasteiger charge is -2.16. The van der Waals surface area contributed by atoms with Gasteiger partial charge < -0.3 is 10.1 Å². The second kappa shape index (κ2) is 6.03. The Morgan fingerprint density at radius 1 is 1.37 bits per heavy atom. The van der Waals surface area contributed by atoms with Gasteiger partial charge >= 0.3 is 0 Å². The van der Waals surface area contributed by atoms with Gasteiger partial charge in [-0.3, -0.25) is 0 Å². The normalized spacial score (nSPS) is 12.5. The first kappa shape index (κ1) is 14.5. The van der Waals surface area contributed by atoms with E-state index >= 15 is 0 Å². The third-order valence-electron chi connectivity index (χ3n) is 2.96. The van der Waals surface area contributed by atoms with Crippen LogP contribution < -0.4 is 10.1 Å². The van der Waals surface area contributed by atoms with Crippen LogP contribution in [0.1, 0.15) is 21.4 Å². The Bertz CT molecular complexity index is 565. The molecular formula is C14H15BrFNOS. The summed E-state index contributed by atoms with van der Waals surface area (Å²) in [5, 5.41) is 3.26. The van der Waals surface area contributed by atoms with E-state index in [9.17, 15) is 4.39 Å². The van der Waals surface area contributed by atoms with Crippen LogP contribution in [-0.2, 0) is 0 Å². The van der Waals surface area contributed by atoms with E-state index < -0.39 is 0 Å². The molecule has 2 nitrogen and oxygen atoms in total. The van der Waals surface area contributed by atoms with E-state index in [-0.39, 0.29) is 17.6 Å². The minimum Gasteiger partial charge on any atom is -0.494 e. The van der Waals surface area contributed by atoms with Crippen molar-refractivity contribution < 1.29 is 9.13 Å². The van der Waals surface area contributed by atoms with Crippen molar-refractivity contribution in [1.29, 1.82) is 0 Å². The average Bonchev–Trinajstić information content (AvgIpc) is 2.72. The number of nitrogens with one attached hydrogen (secondary N) is 1. The van der Waals surface area contributed by atoms with Crippen LogP contribution in [0.15, 0.2) is 28.7 Å². The summed E-state index contributed by atoms with van der Waals surface area (Å²) in [4.78, 5) is 2.41.